The highest BCUT2D eigenvalue weighted by Crippen LogP contribution is 2.34. The van der Waals surface area contributed by atoms with Crippen LogP contribution in [0.25, 0.3) is 11.0 Å². The summed E-state index contributed by atoms with van der Waals surface area (Å²) in [5, 5.41) is 0. The zero-order chi connectivity index (χ0) is 20.4. The zero-order valence-corrected chi connectivity index (χ0v) is 18.2. The summed E-state index contributed by atoms with van der Waals surface area (Å²) in [6.45, 7) is 3.12. The van der Waals surface area contributed by atoms with E-state index in [4.69, 9.17) is 4.98 Å². The number of fused-ring (bicyclic) bond motifs is 1. The Kier molecular flexibility index (Phi) is 5.99. The third-order valence-corrected chi connectivity index (χ3v) is 6.32. The van der Waals surface area contributed by atoms with Crippen LogP contribution in [0.5, 0.6) is 0 Å². The summed E-state index contributed by atoms with van der Waals surface area (Å²) < 4.78 is 16.9. The molecule has 29 heavy (non-hydrogen) atoms. The number of aromatic nitrogens is 2. The second-order valence-electron chi connectivity index (χ2n) is 7.68. The van der Waals surface area contributed by atoms with Crippen molar-refractivity contribution < 1.29 is 9.18 Å². The van der Waals surface area contributed by atoms with Gasteiger partial charge in [-0.15, -0.1) is 0 Å². The van der Waals surface area contributed by atoms with Crippen molar-refractivity contribution in [3.8, 4) is 0 Å². The van der Waals surface area contributed by atoms with Gasteiger partial charge in [0.1, 0.15) is 11.6 Å². The molecular formula is C23H25BrFN3O. The van der Waals surface area contributed by atoms with Crippen molar-refractivity contribution in [3.63, 3.8) is 0 Å². The van der Waals surface area contributed by atoms with Crippen LogP contribution in [0, 0.1) is 5.82 Å². The van der Waals surface area contributed by atoms with Gasteiger partial charge in [0.05, 0.1) is 23.1 Å². The largest absolute Gasteiger partial charge is 0.331 e. The summed E-state index contributed by atoms with van der Waals surface area (Å²) >= 11 is 3.50. The van der Waals surface area contributed by atoms with Crippen LogP contribution in [0.15, 0.2) is 46.9 Å². The molecule has 1 heterocycles. The topological polar surface area (TPSA) is 38.1 Å². The Balaban J connectivity index is 1.73. The molecule has 0 unspecified atom stereocenters. The van der Waals surface area contributed by atoms with Crippen molar-refractivity contribution in [1.82, 2.24) is 14.5 Å². The van der Waals surface area contributed by atoms with Crippen molar-refractivity contribution in [2.45, 2.75) is 51.6 Å². The maximum absolute atomic E-state index is 13.8. The molecule has 0 saturated heterocycles. The van der Waals surface area contributed by atoms with Crippen LogP contribution in [0.2, 0.25) is 0 Å². The van der Waals surface area contributed by atoms with Gasteiger partial charge in [-0.25, -0.2) is 9.37 Å². The smallest absolute Gasteiger partial charge is 0.255 e. The second-order valence-corrected chi connectivity index (χ2v) is 8.53. The van der Waals surface area contributed by atoms with E-state index in [1.54, 1.807) is 0 Å². The Morgan fingerprint density at radius 3 is 2.72 bits per heavy atom. The SMILES string of the molecule is CCCN(Cc1nc2cc(F)ccc2n1C1CCCC1)C(=O)c1ccccc1Br. The lowest BCUT2D eigenvalue weighted by Gasteiger charge is -2.24. The molecule has 0 radical (unpaired) electrons. The summed E-state index contributed by atoms with van der Waals surface area (Å²) in [7, 11) is 0. The van der Waals surface area contributed by atoms with Gasteiger partial charge in [-0.2, -0.15) is 0 Å². The zero-order valence-electron chi connectivity index (χ0n) is 16.6. The van der Waals surface area contributed by atoms with Gasteiger partial charge in [0.2, 0.25) is 0 Å². The Morgan fingerprint density at radius 2 is 2.00 bits per heavy atom. The minimum atomic E-state index is -0.283. The molecule has 0 bridgehead atoms. The molecule has 1 aromatic heterocycles. The molecule has 0 aliphatic heterocycles. The number of carbonyl (C=O) groups excluding carboxylic acids is 1. The number of carbonyl (C=O) groups is 1. The Morgan fingerprint density at radius 1 is 1.24 bits per heavy atom. The van der Waals surface area contributed by atoms with Crippen LogP contribution in [0.3, 0.4) is 0 Å². The number of imidazole rings is 1. The molecule has 2 aromatic carbocycles. The highest BCUT2D eigenvalue weighted by molar-refractivity contribution is 9.10. The van der Waals surface area contributed by atoms with E-state index in [1.165, 1.54) is 25.0 Å². The van der Waals surface area contributed by atoms with Gasteiger partial charge < -0.3 is 9.47 Å². The van der Waals surface area contributed by atoms with Crippen molar-refractivity contribution in [1.29, 1.82) is 0 Å². The number of hydrogen-bond acceptors (Lipinski definition) is 2. The van der Waals surface area contributed by atoms with Crippen LogP contribution in [-0.4, -0.2) is 26.9 Å². The van der Waals surface area contributed by atoms with Gasteiger partial charge in [-0.1, -0.05) is 31.9 Å². The molecule has 1 aliphatic carbocycles. The number of benzene rings is 2. The molecule has 0 spiro atoms. The van der Waals surface area contributed by atoms with E-state index >= 15 is 0 Å². The predicted octanol–water partition coefficient (Wildman–Crippen LogP) is 6.11. The summed E-state index contributed by atoms with van der Waals surface area (Å²) in [6.07, 6.45) is 5.44. The van der Waals surface area contributed by atoms with E-state index in [9.17, 15) is 9.18 Å². The Hall–Kier alpha value is -2.21. The molecule has 152 valence electrons. The molecule has 3 aromatic rings. The average Bonchev–Trinajstić information content (AvgIpc) is 3.34. The fraction of sp³-hybridized carbons (Fsp3) is 0.391. The summed E-state index contributed by atoms with van der Waals surface area (Å²) in [6, 6.07) is 12.7. The lowest BCUT2D eigenvalue weighted by molar-refractivity contribution is 0.0735. The minimum Gasteiger partial charge on any atom is -0.331 e. The maximum atomic E-state index is 13.8. The molecule has 4 nitrogen and oxygen atoms in total. The minimum absolute atomic E-state index is 0.0180. The van der Waals surface area contributed by atoms with Gasteiger partial charge in [-0.05, 0) is 59.5 Å². The van der Waals surface area contributed by atoms with E-state index in [0.29, 0.717) is 30.2 Å². The number of halogens is 2. The van der Waals surface area contributed by atoms with E-state index < -0.39 is 0 Å². The average molecular weight is 458 g/mol. The first kappa shape index (κ1) is 20.1. The third-order valence-electron chi connectivity index (χ3n) is 5.63. The molecule has 1 aliphatic rings. The summed E-state index contributed by atoms with van der Waals surface area (Å²) in [5.41, 5.74) is 2.27. The summed E-state index contributed by atoms with van der Waals surface area (Å²) in [5.74, 6) is 0.539. The van der Waals surface area contributed by atoms with Crippen LogP contribution in [-0.2, 0) is 6.54 Å². The van der Waals surface area contributed by atoms with E-state index in [0.717, 1.165) is 35.1 Å². The first-order valence-corrected chi connectivity index (χ1v) is 11.1. The van der Waals surface area contributed by atoms with E-state index in [1.807, 2.05) is 35.2 Å². The van der Waals surface area contributed by atoms with Crippen molar-refractivity contribution in [2.24, 2.45) is 0 Å². The van der Waals surface area contributed by atoms with Crippen LogP contribution < -0.4 is 0 Å². The molecule has 0 atom stereocenters. The number of amides is 1. The van der Waals surface area contributed by atoms with Gasteiger partial charge >= 0.3 is 0 Å². The number of rotatable bonds is 6. The van der Waals surface area contributed by atoms with Gasteiger partial charge in [-0.3, -0.25) is 4.79 Å². The van der Waals surface area contributed by atoms with Crippen LogP contribution >= 0.6 is 15.9 Å². The number of hydrogen-bond donors (Lipinski definition) is 0. The fourth-order valence-electron chi connectivity index (χ4n) is 4.30. The van der Waals surface area contributed by atoms with Gasteiger partial charge in [0, 0.05) is 23.1 Å². The van der Waals surface area contributed by atoms with Gasteiger partial charge in [0.15, 0.2) is 0 Å². The Bertz CT molecular complexity index is 1030. The van der Waals surface area contributed by atoms with Crippen LogP contribution in [0.1, 0.15) is 61.3 Å². The Labute approximate surface area is 178 Å². The molecule has 4 rings (SSSR count). The first-order valence-electron chi connectivity index (χ1n) is 10.3. The highest BCUT2D eigenvalue weighted by atomic mass is 79.9. The third kappa shape index (κ3) is 4.08. The van der Waals surface area contributed by atoms with Crippen molar-refractivity contribution >= 4 is 32.9 Å². The molecule has 0 N–H and O–H groups in total. The molecule has 1 fully saturated rings. The standard InChI is InChI=1S/C23H25BrFN3O/c1-2-13-27(23(29)18-9-5-6-10-19(18)24)15-22-26-20-14-16(25)11-12-21(20)28(22)17-7-3-4-8-17/h5-6,9-12,14,17H,2-4,7-8,13,15H2,1H3. The lowest BCUT2D eigenvalue weighted by Crippen LogP contribution is -2.33. The van der Waals surface area contributed by atoms with Crippen molar-refractivity contribution in [2.75, 3.05) is 6.54 Å². The lowest BCUT2D eigenvalue weighted by atomic mass is 10.2. The quantitative estimate of drug-likeness (QED) is 0.447. The monoisotopic (exact) mass is 457 g/mol. The van der Waals surface area contributed by atoms with E-state index in [2.05, 4.69) is 27.4 Å². The molecule has 1 amide bonds. The number of nitrogens with zero attached hydrogens (tertiary/aromatic N) is 3. The van der Waals surface area contributed by atoms with Gasteiger partial charge in [0.25, 0.3) is 5.91 Å². The maximum Gasteiger partial charge on any atom is 0.255 e. The molecule has 1 saturated carbocycles. The van der Waals surface area contributed by atoms with Crippen LogP contribution in [0.4, 0.5) is 4.39 Å². The molecular weight excluding hydrogens is 433 g/mol. The second kappa shape index (κ2) is 8.66. The van der Waals surface area contributed by atoms with E-state index in [-0.39, 0.29) is 11.7 Å². The van der Waals surface area contributed by atoms with Crippen molar-refractivity contribution in [3.05, 3.63) is 64.1 Å². The highest BCUT2D eigenvalue weighted by Gasteiger charge is 2.26. The predicted molar refractivity (Wildman–Crippen MR) is 116 cm³/mol. The fourth-order valence-corrected chi connectivity index (χ4v) is 4.76. The molecule has 6 heteroatoms. The first-order chi connectivity index (χ1) is 14.1. The summed E-state index contributed by atoms with van der Waals surface area (Å²) in [4.78, 5) is 19.9. The normalized spacial score (nSPS) is 14.6.